The average Bonchev–Trinajstić information content (AvgIpc) is 3.07. The lowest BCUT2D eigenvalue weighted by atomic mass is 10.0. The van der Waals surface area contributed by atoms with Gasteiger partial charge in [-0.05, 0) is 36.6 Å². The molecule has 6 nitrogen and oxygen atoms in total. The van der Waals surface area contributed by atoms with Gasteiger partial charge in [-0.1, -0.05) is 12.1 Å². The predicted molar refractivity (Wildman–Crippen MR) is 102 cm³/mol. The molecule has 1 N–H and O–H groups in total. The lowest BCUT2D eigenvalue weighted by molar-refractivity contribution is -0.117. The number of carbonyl (C=O) groups is 1. The molecule has 1 saturated heterocycles. The van der Waals surface area contributed by atoms with Crippen LogP contribution in [0.3, 0.4) is 0 Å². The van der Waals surface area contributed by atoms with Gasteiger partial charge in [-0.3, -0.25) is 14.4 Å². The van der Waals surface area contributed by atoms with Crippen LogP contribution in [0.1, 0.15) is 24.0 Å². The van der Waals surface area contributed by atoms with Gasteiger partial charge in [-0.2, -0.15) is 5.10 Å². The van der Waals surface area contributed by atoms with Crippen LogP contribution in [-0.4, -0.2) is 46.8 Å². The molecule has 6 heteroatoms. The normalized spacial score (nSPS) is 16.1. The standard InChI is InChI=1S/C20H26N4O2/c1-23-14-17(13-21-23)6-7-20(25)22-18-8-10-24(11-9-18)15-16-4-3-5-19(12-16)26-2/h3-7,12-14,18H,8-11,15H2,1-2H3,(H,22,25)/b7-6-. The summed E-state index contributed by atoms with van der Waals surface area (Å²) in [4.78, 5) is 14.5. The number of benzene rings is 1. The second-order valence-corrected chi connectivity index (χ2v) is 6.69. The van der Waals surface area contributed by atoms with Crippen LogP contribution in [0.25, 0.3) is 6.08 Å². The molecular weight excluding hydrogens is 328 g/mol. The number of amides is 1. The van der Waals surface area contributed by atoms with Crippen molar-refractivity contribution in [3.8, 4) is 5.75 Å². The van der Waals surface area contributed by atoms with Crippen LogP contribution < -0.4 is 10.1 Å². The molecule has 0 saturated carbocycles. The Hall–Kier alpha value is -2.60. The maximum Gasteiger partial charge on any atom is 0.244 e. The Kier molecular flexibility index (Phi) is 6.07. The van der Waals surface area contributed by atoms with E-state index in [0.717, 1.165) is 43.8 Å². The van der Waals surface area contributed by atoms with E-state index in [-0.39, 0.29) is 11.9 Å². The highest BCUT2D eigenvalue weighted by molar-refractivity contribution is 5.91. The highest BCUT2D eigenvalue weighted by atomic mass is 16.5. The van der Waals surface area contributed by atoms with E-state index in [2.05, 4.69) is 27.4 Å². The van der Waals surface area contributed by atoms with Gasteiger partial charge in [-0.15, -0.1) is 0 Å². The fourth-order valence-corrected chi connectivity index (χ4v) is 3.21. The van der Waals surface area contributed by atoms with E-state index in [0.29, 0.717) is 0 Å². The summed E-state index contributed by atoms with van der Waals surface area (Å²) in [5.41, 5.74) is 2.18. The third-order valence-corrected chi connectivity index (χ3v) is 4.63. The van der Waals surface area contributed by atoms with Crippen molar-refractivity contribution in [3.63, 3.8) is 0 Å². The molecule has 0 bridgehead atoms. The molecule has 1 aromatic heterocycles. The van der Waals surface area contributed by atoms with Crippen LogP contribution in [0.4, 0.5) is 0 Å². The summed E-state index contributed by atoms with van der Waals surface area (Å²) in [6.45, 7) is 2.88. The molecule has 0 atom stereocenters. The van der Waals surface area contributed by atoms with Crippen molar-refractivity contribution >= 4 is 12.0 Å². The zero-order valence-electron chi connectivity index (χ0n) is 15.4. The molecule has 3 rings (SSSR count). The maximum absolute atomic E-state index is 12.1. The second kappa shape index (κ2) is 8.67. The van der Waals surface area contributed by atoms with Crippen molar-refractivity contribution in [2.24, 2.45) is 7.05 Å². The first kappa shape index (κ1) is 18.2. The number of likely N-dealkylation sites (tertiary alicyclic amines) is 1. The molecule has 1 aliphatic rings. The molecule has 0 radical (unpaired) electrons. The van der Waals surface area contributed by atoms with Gasteiger partial charge < -0.3 is 10.1 Å². The summed E-state index contributed by atoms with van der Waals surface area (Å²) < 4.78 is 7.00. The van der Waals surface area contributed by atoms with Gasteiger partial charge in [0, 0.05) is 50.6 Å². The van der Waals surface area contributed by atoms with E-state index in [9.17, 15) is 4.79 Å². The highest BCUT2D eigenvalue weighted by Crippen LogP contribution is 2.17. The molecule has 0 unspecified atom stereocenters. The van der Waals surface area contributed by atoms with Crippen molar-refractivity contribution in [1.82, 2.24) is 20.0 Å². The summed E-state index contributed by atoms with van der Waals surface area (Å²) in [5, 5.41) is 7.18. The topological polar surface area (TPSA) is 59.4 Å². The molecule has 1 fully saturated rings. The number of ether oxygens (including phenoxy) is 1. The summed E-state index contributed by atoms with van der Waals surface area (Å²) in [6.07, 6.45) is 8.93. The minimum Gasteiger partial charge on any atom is -0.497 e. The van der Waals surface area contributed by atoms with Gasteiger partial charge in [0.15, 0.2) is 0 Å². The van der Waals surface area contributed by atoms with E-state index >= 15 is 0 Å². The second-order valence-electron chi connectivity index (χ2n) is 6.69. The lowest BCUT2D eigenvalue weighted by Crippen LogP contribution is -2.43. The molecule has 0 spiro atoms. The number of carbonyl (C=O) groups excluding carboxylic acids is 1. The molecule has 1 aliphatic heterocycles. The van der Waals surface area contributed by atoms with Gasteiger partial charge in [-0.25, -0.2) is 0 Å². The van der Waals surface area contributed by atoms with Crippen molar-refractivity contribution in [1.29, 1.82) is 0 Å². The Labute approximate surface area is 154 Å². The van der Waals surface area contributed by atoms with Crippen molar-refractivity contribution in [3.05, 3.63) is 53.9 Å². The minimum atomic E-state index is -0.0416. The largest absolute Gasteiger partial charge is 0.497 e. The third-order valence-electron chi connectivity index (χ3n) is 4.63. The van der Waals surface area contributed by atoms with Gasteiger partial charge in [0.1, 0.15) is 5.75 Å². The van der Waals surface area contributed by atoms with Crippen LogP contribution in [0.5, 0.6) is 5.75 Å². The number of aromatic nitrogens is 2. The zero-order valence-corrected chi connectivity index (χ0v) is 15.4. The minimum absolute atomic E-state index is 0.0416. The number of nitrogens with zero attached hydrogens (tertiary/aromatic N) is 3. The summed E-state index contributed by atoms with van der Waals surface area (Å²) in [6, 6.07) is 8.43. The predicted octanol–water partition coefficient (Wildman–Crippen LogP) is 2.22. The van der Waals surface area contributed by atoms with Gasteiger partial charge in [0.2, 0.25) is 5.91 Å². The number of methoxy groups -OCH3 is 1. The van der Waals surface area contributed by atoms with Crippen LogP contribution >= 0.6 is 0 Å². The van der Waals surface area contributed by atoms with Crippen LogP contribution in [0, 0.1) is 0 Å². The van der Waals surface area contributed by atoms with Crippen LogP contribution in [0.15, 0.2) is 42.7 Å². The average molecular weight is 354 g/mol. The van der Waals surface area contributed by atoms with Crippen molar-refractivity contribution < 1.29 is 9.53 Å². The quantitative estimate of drug-likeness (QED) is 0.808. The third kappa shape index (κ3) is 5.20. The Balaban J connectivity index is 1.43. The molecule has 1 aromatic carbocycles. The van der Waals surface area contributed by atoms with Crippen molar-refractivity contribution in [2.75, 3.05) is 20.2 Å². The number of rotatable bonds is 6. The van der Waals surface area contributed by atoms with Crippen molar-refractivity contribution in [2.45, 2.75) is 25.4 Å². The Bertz CT molecular complexity index is 761. The Morgan fingerprint density at radius 1 is 1.38 bits per heavy atom. The Morgan fingerprint density at radius 3 is 2.88 bits per heavy atom. The number of nitrogens with one attached hydrogen (secondary N) is 1. The summed E-state index contributed by atoms with van der Waals surface area (Å²) in [5.74, 6) is 0.852. The fourth-order valence-electron chi connectivity index (χ4n) is 3.21. The van der Waals surface area contributed by atoms with Crippen LogP contribution in [-0.2, 0) is 18.4 Å². The molecule has 2 heterocycles. The monoisotopic (exact) mass is 354 g/mol. The first-order valence-corrected chi connectivity index (χ1v) is 8.95. The van der Waals surface area contributed by atoms with Gasteiger partial charge >= 0.3 is 0 Å². The van der Waals surface area contributed by atoms with Crippen LogP contribution in [0.2, 0.25) is 0 Å². The van der Waals surface area contributed by atoms with E-state index in [1.165, 1.54) is 5.56 Å². The van der Waals surface area contributed by atoms with E-state index in [1.807, 2.05) is 25.4 Å². The van der Waals surface area contributed by atoms with E-state index < -0.39 is 0 Å². The molecule has 1 amide bonds. The first-order valence-electron chi connectivity index (χ1n) is 8.95. The summed E-state index contributed by atoms with van der Waals surface area (Å²) in [7, 11) is 3.55. The highest BCUT2D eigenvalue weighted by Gasteiger charge is 2.20. The zero-order chi connectivity index (χ0) is 18.4. The van der Waals surface area contributed by atoms with E-state index in [1.54, 1.807) is 30.1 Å². The smallest absolute Gasteiger partial charge is 0.244 e. The van der Waals surface area contributed by atoms with E-state index in [4.69, 9.17) is 4.74 Å². The fraction of sp³-hybridized carbons (Fsp3) is 0.400. The number of aryl methyl sites for hydroxylation is 1. The SMILES string of the molecule is COc1cccc(CN2CCC(NC(=O)/C=C\c3cnn(C)c3)CC2)c1. The van der Waals surface area contributed by atoms with Gasteiger partial charge in [0.25, 0.3) is 0 Å². The maximum atomic E-state index is 12.1. The molecule has 0 aliphatic carbocycles. The lowest BCUT2D eigenvalue weighted by Gasteiger charge is -2.32. The first-order chi connectivity index (χ1) is 12.6. The number of piperidine rings is 1. The summed E-state index contributed by atoms with van der Waals surface area (Å²) >= 11 is 0. The molecule has 2 aromatic rings. The number of hydrogen-bond acceptors (Lipinski definition) is 4. The number of hydrogen-bond donors (Lipinski definition) is 1. The Morgan fingerprint density at radius 2 is 2.19 bits per heavy atom. The molecule has 26 heavy (non-hydrogen) atoms. The molecule has 138 valence electrons. The van der Waals surface area contributed by atoms with Gasteiger partial charge in [0.05, 0.1) is 13.3 Å². The molecular formula is C20H26N4O2.